The first kappa shape index (κ1) is 16.8. The highest BCUT2D eigenvalue weighted by Crippen LogP contribution is 2.29. The van der Waals surface area contributed by atoms with E-state index in [9.17, 15) is 14.9 Å². The zero-order valence-electron chi connectivity index (χ0n) is 13.6. The Bertz CT molecular complexity index is 709. The number of aryl methyl sites for hydroxylation is 2. The van der Waals surface area contributed by atoms with Gasteiger partial charge in [0.25, 0.3) is 0 Å². The molecular weight excluding hydrogens is 324 g/mol. The molecule has 0 spiro atoms. The fourth-order valence-corrected chi connectivity index (χ4v) is 3.56. The summed E-state index contributed by atoms with van der Waals surface area (Å²) < 4.78 is 0. The van der Waals surface area contributed by atoms with E-state index in [-0.39, 0.29) is 11.9 Å². The molecule has 1 heterocycles. The minimum Gasteiger partial charge on any atom is -0.335 e. The van der Waals surface area contributed by atoms with E-state index in [2.05, 4.69) is 21.7 Å². The van der Waals surface area contributed by atoms with Gasteiger partial charge in [0.15, 0.2) is 0 Å². The van der Waals surface area contributed by atoms with Crippen LogP contribution in [-0.2, 0) is 17.6 Å². The molecule has 1 atom stereocenters. The smallest absolute Gasteiger partial charge is 0.321 e. The van der Waals surface area contributed by atoms with E-state index in [4.69, 9.17) is 0 Å². The van der Waals surface area contributed by atoms with Gasteiger partial charge in [0.1, 0.15) is 11.1 Å². The minimum absolute atomic E-state index is 0.202. The maximum Gasteiger partial charge on any atom is 0.321 e. The molecule has 0 aromatic carbocycles. The number of aromatic nitrogens is 1. The first-order valence-electron chi connectivity index (χ1n) is 8.27. The second-order valence-electron chi connectivity index (χ2n) is 6.26. The van der Waals surface area contributed by atoms with Crippen molar-refractivity contribution in [3.63, 3.8) is 0 Å². The molecule has 1 aromatic heterocycles. The van der Waals surface area contributed by atoms with Gasteiger partial charge >= 0.3 is 6.03 Å². The van der Waals surface area contributed by atoms with Crippen LogP contribution >= 0.6 is 11.8 Å². The first-order chi connectivity index (χ1) is 11.6. The van der Waals surface area contributed by atoms with E-state index >= 15 is 0 Å². The molecule has 1 fully saturated rings. The quantitative estimate of drug-likeness (QED) is 0.817. The molecule has 3 rings (SSSR count). The summed E-state index contributed by atoms with van der Waals surface area (Å²) in [5, 5.41) is 14.5. The summed E-state index contributed by atoms with van der Waals surface area (Å²) in [4.78, 5) is 28.4. The standard InChI is InChI=1S/C17H20N4O2S/c1-10(15(22)21-17(23)19-13-6-7-13)24-16-12(9-18)8-11-4-2-3-5-14(11)20-16/h8,10,13H,2-7H2,1H3,(H2,19,21,22,23). The van der Waals surface area contributed by atoms with Crippen molar-refractivity contribution in [2.75, 3.05) is 0 Å². The van der Waals surface area contributed by atoms with Crippen LogP contribution in [0.1, 0.15) is 49.4 Å². The number of pyridine rings is 1. The first-order valence-corrected chi connectivity index (χ1v) is 9.15. The van der Waals surface area contributed by atoms with Crippen LogP contribution in [0, 0.1) is 11.3 Å². The molecule has 2 aliphatic carbocycles. The predicted molar refractivity (Wildman–Crippen MR) is 90.6 cm³/mol. The van der Waals surface area contributed by atoms with Gasteiger partial charge < -0.3 is 5.32 Å². The van der Waals surface area contributed by atoms with Crippen LogP contribution in [0.4, 0.5) is 4.79 Å². The van der Waals surface area contributed by atoms with Crippen molar-refractivity contribution < 1.29 is 9.59 Å². The normalized spacial score (nSPS) is 17.3. The predicted octanol–water partition coefficient (Wildman–Crippen LogP) is 2.30. The van der Waals surface area contributed by atoms with Crippen LogP contribution in [0.15, 0.2) is 11.1 Å². The van der Waals surface area contributed by atoms with Gasteiger partial charge in [-0.05, 0) is 57.1 Å². The van der Waals surface area contributed by atoms with Gasteiger partial charge in [-0.25, -0.2) is 9.78 Å². The number of fused-ring (bicyclic) bond motifs is 1. The topological polar surface area (TPSA) is 94.9 Å². The number of carbonyl (C=O) groups is 2. The summed E-state index contributed by atoms with van der Waals surface area (Å²) in [6.45, 7) is 1.71. The minimum atomic E-state index is -0.504. The lowest BCUT2D eigenvalue weighted by atomic mass is 9.95. The number of rotatable bonds is 4. The number of nitrogens with one attached hydrogen (secondary N) is 2. The Morgan fingerprint density at radius 3 is 2.83 bits per heavy atom. The molecule has 1 unspecified atom stereocenters. The molecular formula is C17H20N4O2S. The molecule has 126 valence electrons. The number of nitriles is 1. The SMILES string of the molecule is CC(Sc1nc2c(cc1C#N)CCCC2)C(=O)NC(=O)NC1CC1. The largest absolute Gasteiger partial charge is 0.335 e. The molecule has 0 radical (unpaired) electrons. The zero-order chi connectivity index (χ0) is 17.1. The summed E-state index contributed by atoms with van der Waals surface area (Å²) in [6.07, 6.45) is 6.04. The number of amides is 3. The lowest BCUT2D eigenvalue weighted by molar-refractivity contribution is -0.119. The fourth-order valence-electron chi connectivity index (χ4n) is 2.67. The number of carbonyl (C=O) groups excluding carboxylic acids is 2. The van der Waals surface area contributed by atoms with Gasteiger partial charge in [-0.3, -0.25) is 10.1 Å². The maximum atomic E-state index is 12.1. The Hall–Kier alpha value is -2.07. The lowest BCUT2D eigenvalue weighted by Crippen LogP contribution is -2.43. The second-order valence-corrected chi connectivity index (χ2v) is 7.59. The Morgan fingerprint density at radius 1 is 1.38 bits per heavy atom. The van der Waals surface area contributed by atoms with Crippen molar-refractivity contribution in [1.82, 2.24) is 15.6 Å². The maximum absolute atomic E-state index is 12.1. The van der Waals surface area contributed by atoms with Crippen LogP contribution in [0.2, 0.25) is 0 Å². The summed E-state index contributed by atoms with van der Waals surface area (Å²) in [5.74, 6) is -0.374. The van der Waals surface area contributed by atoms with Gasteiger partial charge in [-0.2, -0.15) is 5.26 Å². The molecule has 1 saturated carbocycles. The molecule has 7 heteroatoms. The number of thioether (sulfide) groups is 1. The highest BCUT2D eigenvalue weighted by atomic mass is 32.2. The number of imide groups is 1. The molecule has 0 aliphatic heterocycles. The van der Waals surface area contributed by atoms with Crippen molar-refractivity contribution in [2.24, 2.45) is 0 Å². The van der Waals surface area contributed by atoms with Crippen molar-refractivity contribution >= 4 is 23.7 Å². The Kier molecular flexibility index (Phi) is 5.05. The van der Waals surface area contributed by atoms with Crippen LogP contribution < -0.4 is 10.6 Å². The molecule has 1 aromatic rings. The molecule has 2 N–H and O–H groups in total. The van der Waals surface area contributed by atoms with Gasteiger partial charge in [0, 0.05) is 11.7 Å². The van der Waals surface area contributed by atoms with Gasteiger partial charge in [0.2, 0.25) is 5.91 Å². The van der Waals surface area contributed by atoms with E-state index in [0.717, 1.165) is 49.8 Å². The molecule has 0 bridgehead atoms. The second kappa shape index (κ2) is 7.22. The molecule has 24 heavy (non-hydrogen) atoms. The Balaban J connectivity index is 1.66. The Morgan fingerprint density at radius 2 is 2.12 bits per heavy atom. The number of hydrogen-bond donors (Lipinski definition) is 2. The monoisotopic (exact) mass is 344 g/mol. The molecule has 0 saturated heterocycles. The van der Waals surface area contributed by atoms with E-state index in [1.807, 2.05) is 6.07 Å². The average Bonchev–Trinajstić information content (AvgIpc) is 3.37. The highest BCUT2D eigenvalue weighted by molar-refractivity contribution is 8.00. The van der Waals surface area contributed by atoms with Gasteiger partial charge in [-0.1, -0.05) is 11.8 Å². The third-order valence-electron chi connectivity index (χ3n) is 4.19. The molecule has 2 aliphatic rings. The molecule has 3 amide bonds. The summed E-state index contributed by atoms with van der Waals surface area (Å²) in [5.41, 5.74) is 2.67. The van der Waals surface area contributed by atoms with Crippen LogP contribution in [0.25, 0.3) is 0 Å². The van der Waals surface area contributed by atoms with Crippen LogP contribution in [-0.4, -0.2) is 28.2 Å². The third kappa shape index (κ3) is 4.06. The van der Waals surface area contributed by atoms with Gasteiger partial charge in [-0.15, -0.1) is 0 Å². The zero-order valence-corrected chi connectivity index (χ0v) is 14.4. The number of urea groups is 1. The lowest BCUT2D eigenvalue weighted by Gasteiger charge is -2.18. The van der Waals surface area contributed by atoms with Crippen molar-refractivity contribution in [3.8, 4) is 6.07 Å². The van der Waals surface area contributed by atoms with Crippen LogP contribution in [0.3, 0.4) is 0 Å². The van der Waals surface area contributed by atoms with Gasteiger partial charge in [0.05, 0.1) is 10.8 Å². The molecule has 6 nitrogen and oxygen atoms in total. The number of hydrogen-bond acceptors (Lipinski definition) is 5. The van der Waals surface area contributed by atoms with E-state index in [1.165, 1.54) is 11.8 Å². The average molecular weight is 344 g/mol. The fraction of sp³-hybridized carbons (Fsp3) is 0.529. The summed E-state index contributed by atoms with van der Waals surface area (Å²) in [7, 11) is 0. The highest BCUT2D eigenvalue weighted by Gasteiger charge is 2.26. The van der Waals surface area contributed by atoms with E-state index in [1.54, 1.807) is 6.92 Å². The third-order valence-corrected chi connectivity index (χ3v) is 5.30. The summed E-state index contributed by atoms with van der Waals surface area (Å²) in [6, 6.07) is 3.82. The van der Waals surface area contributed by atoms with Crippen molar-refractivity contribution in [2.45, 2.75) is 61.8 Å². The van der Waals surface area contributed by atoms with E-state index < -0.39 is 11.3 Å². The Labute approximate surface area is 145 Å². The number of nitrogens with zero attached hydrogens (tertiary/aromatic N) is 2. The van der Waals surface area contributed by atoms with E-state index in [0.29, 0.717) is 10.6 Å². The van der Waals surface area contributed by atoms with Crippen LogP contribution in [0.5, 0.6) is 0 Å². The summed E-state index contributed by atoms with van der Waals surface area (Å²) >= 11 is 1.23. The van der Waals surface area contributed by atoms with Crippen molar-refractivity contribution in [1.29, 1.82) is 5.26 Å². The van der Waals surface area contributed by atoms with Crippen molar-refractivity contribution in [3.05, 3.63) is 22.9 Å².